The molecule has 3 unspecified atom stereocenters. The van der Waals surface area contributed by atoms with Crippen LogP contribution in [0.5, 0.6) is 0 Å². The molecule has 2 saturated heterocycles. The van der Waals surface area contributed by atoms with Crippen LogP contribution in [0.2, 0.25) is 0 Å². The summed E-state index contributed by atoms with van der Waals surface area (Å²) in [4.78, 5) is 10.9. The largest absolute Gasteiger partial charge is 0.358 e. The lowest BCUT2D eigenvalue weighted by atomic mass is 10.2. The zero-order valence-corrected chi connectivity index (χ0v) is 12.6. The van der Waals surface area contributed by atoms with E-state index < -0.39 is 0 Å². The Morgan fingerprint density at radius 2 is 2.05 bits per heavy atom. The molecular formula is C14H23N3O5. The Hall–Kier alpha value is -1.22. The van der Waals surface area contributed by atoms with Gasteiger partial charge in [-0.3, -0.25) is 0 Å². The van der Waals surface area contributed by atoms with Gasteiger partial charge in [0.2, 0.25) is 6.23 Å². The molecule has 0 amide bonds. The number of nitrogens with zero attached hydrogens (tertiary/aromatic N) is 2. The first kappa shape index (κ1) is 15.7. The number of hydrogen-bond donors (Lipinski definition) is 1. The van der Waals surface area contributed by atoms with Crippen LogP contribution in [0.25, 0.3) is 0 Å². The number of rotatable bonds is 5. The second kappa shape index (κ2) is 7.36. The Morgan fingerprint density at radius 3 is 2.68 bits per heavy atom. The van der Waals surface area contributed by atoms with Crippen LogP contribution in [-0.2, 0) is 14.2 Å². The average Bonchev–Trinajstić information content (AvgIpc) is 2.99. The maximum Gasteiger partial charge on any atom is 0.336 e. The summed E-state index contributed by atoms with van der Waals surface area (Å²) in [7, 11) is 0. The number of nitrogens with one attached hydrogen (secondary N) is 1. The lowest BCUT2D eigenvalue weighted by molar-refractivity contribution is -0.453. The molecule has 22 heavy (non-hydrogen) atoms. The molecule has 1 N–H and O–H groups in total. The van der Waals surface area contributed by atoms with Gasteiger partial charge in [0.15, 0.2) is 6.29 Å². The van der Waals surface area contributed by atoms with E-state index in [1.807, 2.05) is 0 Å². The molecule has 3 rings (SSSR count). The third kappa shape index (κ3) is 3.75. The van der Waals surface area contributed by atoms with E-state index in [1.165, 1.54) is 5.01 Å². The van der Waals surface area contributed by atoms with Gasteiger partial charge in [0.05, 0.1) is 19.3 Å². The second-order valence-electron chi connectivity index (χ2n) is 5.84. The summed E-state index contributed by atoms with van der Waals surface area (Å²) in [6.07, 6.45) is 7.00. The minimum absolute atomic E-state index is 0.0464. The summed E-state index contributed by atoms with van der Waals surface area (Å²) in [5.41, 5.74) is 3.13. The van der Waals surface area contributed by atoms with Crippen molar-refractivity contribution in [2.75, 3.05) is 19.8 Å². The highest BCUT2D eigenvalue weighted by molar-refractivity contribution is 5.06. The molecule has 0 saturated carbocycles. The Balaban J connectivity index is 1.55. The van der Waals surface area contributed by atoms with Crippen molar-refractivity contribution in [2.45, 2.75) is 57.1 Å². The Labute approximate surface area is 129 Å². The van der Waals surface area contributed by atoms with Crippen molar-refractivity contribution in [3.05, 3.63) is 22.0 Å². The van der Waals surface area contributed by atoms with E-state index in [-0.39, 0.29) is 29.3 Å². The van der Waals surface area contributed by atoms with E-state index in [0.29, 0.717) is 13.2 Å². The van der Waals surface area contributed by atoms with E-state index >= 15 is 0 Å². The second-order valence-corrected chi connectivity index (χ2v) is 5.84. The van der Waals surface area contributed by atoms with Crippen molar-refractivity contribution in [2.24, 2.45) is 0 Å². The quantitative estimate of drug-likeness (QED) is 0.606. The topological polar surface area (TPSA) is 86.1 Å². The molecule has 0 spiro atoms. The van der Waals surface area contributed by atoms with Gasteiger partial charge in [-0.2, -0.15) is 5.01 Å². The smallest absolute Gasteiger partial charge is 0.336 e. The maximum absolute atomic E-state index is 11.2. The van der Waals surface area contributed by atoms with Gasteiger partial charge in [0.25, 0.3) is 0 Å². The number of hydrazine groups is 1. The van der Waals surface area contributed by atoms with Crippen molar-refractivity contribution in [3.8, 4) is 0 Å². The molecular weight excluding hydrogens is 290 g/mol. The Morgan fingerprint density at radius 1 is 1.27 bits per heavy atom. The normalized spacial score (nSPS) is 32.8. The zero-order valence-electron chi connectivity index (χ0n) is 12.6. The molecule has 0 aromatic rings. The van der Waals surface area contributed by atoms with Gasteiger partial charge in [-0.05, 0) is 37.0 Å². The first-order valence-corrected chi connectivity index (χ1v) is 8.00. The number of ether oxygens (including phenoxy) is 3. The maximum atomic E-state index is 11.2. The monoisotopic (exact) mass is 313 g/mol. The fraction of sp³-hybridized carbons (Fsp3) is 0.857. The molecule has 0 radical (unpaired) electrons. The van der Waals surface area contributed by atoms with Gasteiger partial charge >= 0.3 is 5.82 Å². The third-order valence-electron chi connectivity index (χ3n) is 4.13. The molecule has 8 heteroatoms. The van der Waals surface area contributed by atoms with E-state index in [2.05, 4.69) is 5.43 Å². The summed E-state index contributed by atoms with van der Waals surface area (Å²) in [6.45, 7) is 1.72. The summed E-state index contributed by atoms with van der Waals surface area (Å²) < 4.78 is 16.9. The van der Waals surface area contributed by atoms with Crippen molar-refractivity contribution >= 4 is 0 Å². The molecule has 124 valence electrons. The number of nitro groups is 1. The van der Waals surface area contributed by atoms with Gasteiger partial charge in [0.1, 0.15) is 0 Å². The van der Waals surface area contributed by atoms with E-state index in [1.54, 1.807) is 6.08 Å². The van der Waals surface area contributed by atoms with Crippen molar-refractivity contribution in [3.63, 3.8) is 0 Å². The molecule has 2 fully saturated rings. The molecule has 3 atom stereocenters. The summed E-state index contributed by atoms with van der Waals surface area (Å²) in [5, 5.41) is 12.8. The van der Waals surface area contributed by atoms with E-state index in [0.717, 1.165) is 45.1 Å². The average molecular weight is 313 g/mol. The molecule has 3 aliphatic heterocycles. The van der Waals surface area contributed by atoms with E-state index in [4.69, 9.17) is 14.2 Å². The van der Waals surface area contributed by atoms with Crippen molar-refractivity contribution in [1.29, 1.82) is 0 Å². The van der Waals surface area contributed by atoms with Crippen LogP contribution in [0.1, 0.15) is 38.5 Å². The van der Waals surface area contributed by atoms with Gasteiger partial charge in [-0.25, -0.2) is 0 Å². The standard InChI is InChI=1S/C14H23N3O5/c18-17(19)12-9-11(10-22-14-6-2-4-8-21-14)15-16(12)13-5-1-3-7-20-13/h9,11,13-15H,1-8,10H2. The third-order valence-corrected chi connectivity index (χ3v) is 4.13. The van der Waals surface area contributed by atoms with Crippen LogP contribution >= 0.6 is 0 Å². The SMILES string of the molecule is O=[N+]([O-])C1=CC(COC2CCCCO2)NN1C1CCCCO1. The fourth-order valence-electron chi connectivity index (χ4n) is 2.99. The van der Waals surface area contributed by atoms with Crippen LogP contribution in [-0.4, -0.2) is 48.3 Å². The molecule has 0 aliphatic carbocycles. The Bertz CT molecular complexity index is 419. The first-order valence-electron chi connectivity index (χ1n) is 8.00. The zero-order chi connectivity index (χ0) is 15.4. The van der Waals surface area contributed by atoms with Crippen LogP contribution in [0.4, 0.5) is 0 Å². The molecule has 0 aromatic carbocycles. The molecule has 0 aromatic heterocycles. The van der Waals surface area contributed by atoms with Crippen LogP contribution in [0.3, 0.4) is 0 Å². The van der Waals surface area contributed by atoms with Gasteiger partial charge < -0.3 is 24.3 Å². The van der Waals surface area contributed by atoms with Gasteiger partial charge in [-0.1, -0.05) is 0 Å². The first-order chi connectivity index (χ1) is 10.7. The predicted octanol–water partition coefficient (Wildman–Crippen LogP) is 1.36. The summed E-state index contributed by atoms with van der Waals surface area (Å²) in [6, 6.07) is -0.226. The Kier molecular flexibility index (Phi) is 5.24. The highest BCUT2D eigenvalue weighted by atomic mass is 16.7. The minimum atomic E-state index is -0.373. The predicted molar refractivity (Wildman–Crippen MR) is 77.0 cm³/mol. The summed E-state index contributed by atoms with van der Waals surface area (Å²) >= 11 is 0. The van der Waals surface area contributed by atoms with Crippen LogP contribution in [0.15, 0.2) is 11.9 Å². The van der Waals surface area contributed by atoms with Crippen molar-refractivity contribution < 1.29 is 19.1 Å². The van der Waals surface area contributed by atoms with Gasteiger partial charge in [0, 0.05) is 19.1 Å². The fourth-order valence-corrected chi connectivity index (χ4v) is 2.99. The molecule has 0 bridgehead atoms. The van der Waals surface area contributed by atoms with Gasteiger partial charge in [-0.15, -0.1) is 5.43 Å². The number of hydrogen-bond acceptors (Lipinski definition) is 7. The summed E-state index contributed by atoms with van der Waals surface area (Å²) in [5.74, 6) is 0.0464. The molecule has 3 heterocycles. The highest BCUT2D eigenvalue weighted by Crippen LogP contribution is 2.24. The molecule has 3 aliphatic rings. The minimum Gasteiger partial charge on any atom is -0.358 e. The van der Waals surface area contributed by atoms with Crippen LogP contribution < -0.4 is 5.43 Å². The lowest BCUT2D eigenvalue weighted by Gasteiger charge is -2.28. The van der Waals surface area contributed by atoms with Crippen LogP contribution in [0, 0.1) is 10.1 Å². The molecule has 8 nitrogen and oxygen atoms in total. The van der Waals surface area contributed by atoms with Crippen molar-refractivity contribution in [1.82, 2.24) is 10.4 Å². The lowest BCUT2D eigenvalue weighted by Crippen LogP contribution is -2.49. The highest BCUT2D eigenvalue weighted by Gasteiger charge is 2.40. The van der Waals surface area contributed by atoms with E-state index in [9.17, 15) is 10.1 Å².